The molecule has 0 saturated heterocycles. The number of amidine groups is 1. The third kappa shape index (κ3) is 3.59. The smallest absolute Gasteiger partial charge is 0.275 e. The number of hydrogen-bond donors (Lipinski definition) is 2. The highest BCUT2D eigenvalue weighted by Gasteiger charge is 2.39. The number of carbonyl (C=O) groups is 1. The standard InChI is InChI=1S/C18H16Cl2N4O2S/c19-10-7-13(20)15(22-9-10)16(25)23-11-1-2-14-12(8-11)18(3-5-26-14)4-6-27-17(21)24-18/h1-2,7-9H,3-6H2,(H2,21,24)(H,23,25). The number of anilines is 1. The fraction of sp³-hybridized carbons (Fsp3) is 0.278. The van der Waals surface area contributed by atoms with Gasteiger partial charge in [0.25, 0.3) is 5.91 Å². The van der Waals surface area contributed by atoms with E-state index < -0.39 is 11.4 Å². The number of nitrogens with two attached hydrogens (primary N) is 1. The minimum Gasteiger partial charge on any atom is -0.493 e. The Labute approximate surface area is 170 Å². The van der Waals surface area contributed by atoms with Crippen LogP contribution in [0.2, 0.25) is 10.0 Å². The second-order valence-electron chi connectivity index (χ2n) is 6.33. The number of amides is 1. The number of aromatic nitrogens is 1. The van der Waals surface area contributed by atoms with Crippen molar-refractivity contribution in [2.24, 2.45) is 10.7 Å². The Morgan fingerprint density at radius 2 is 2.15 bits per heavy atom. The van der Waals surface area contributed by atoms with E-state index in [0.717, 1.165) is 29.9 Å². The highest BCUT2D eigenvalue weighted by Crippen LogP contribution is 2.46. The van der Waals surface area contributed by atoms with Gasteiger partial charge in [0, 0.05) is 29.6 Å². The molecule has 3 heterocycles. The summed E-state index contributed by atoms with van der Waals surface area (Å²) in [4.78, 5) is 21.3. The quantitative estimate of drug-likeness (QED) is 0.760. The van der Waals surface area contributed by atoms with Gasteiger partial charge in [-0.15, -0.1) is 0 Å². The van der Waals surface area contributed by atoms with Gasteiger partial charge < -0.3 is 15.8 Å². The van der Waals surface area contributed by atoms with Crippen LogP contribution in [0, 0.1) is 0 Å². The molecule has 2 aliphatic rings. The van der Waals surface area contributed by atoms with Crippen molar-refractivity contribution in [3.8, 4) is 5.75 Å². The lowest BCUT2D eigenvalue weighted by molar-refractivity contribution is 0.102. The third-order valence-corrected chi connectivity index (χ3v) is 5.91. The number of carbonyl (C=O) groups excluding carboxylic acids is 1. The fourth-order valence-electron chi connectivity index (χ4n) is 3.33. The summed E-state index contributed by atoms with van der Waals surface area (Å²) in [5.41, 5.74) is 7.25. The summed E-state index contributed by atoms with van der Waals surface area (Å²) in [6.45, 7) is 0.588. The van der Waals surface area contributed by atoms with E-state index in [2.05, 4.69) is 10.3 Å². The number of nitrogens with one attached hydrogen (secondary N) is 1. The topological polar surface area (TPSA) is 89.6 Å². The van der Waals surface area contributed by atoms with Gasteiger partial charge in [0.1, 0.15) is 11.4 Å². The van der Waals surface area contributed by atoms with Gasteiger partial charge in [-0.1, -0.05) is 35.0 Å². The van der Waals surface area contributed by atoms with E-state index in [9.17, 15) is 4.79 Å². The van der Waals surface area contributed by atoms with Crippen molar-refractivity contribution >= 4 is 51.7 Å². The Hall–Kier alpha value is -1.96. The van der Waals surface area contributed by atoms with Crippen LogP contribution in [0.5, 0.6) is 5.75 Å². The molecule has 0 aliphatic carbocycles. The monoisotopic (exact) mass is 422 g/mol. The van der Waals surface area contributed by atoms with Gasteiger partial charge in [0.05, 0.1) is 22.2 Å². The Bertz CT molecular complexity index is 953. The summed E-state index contributed by atoms with van der Waals surface area (Å²) < 4.78 is 5.79. The average Bonchev–Trinajstić information content (AvgIpc) is 2.62. The zero-order chi connectivity index (χ0) is 19.0. The zero-order valence-electron chi connectivity index (χ0n) is 14.2. The number of ether oxygens (including phenoxy) is 1. The van der Waals surface area contributed by atoms with Crippen molar-refractivity contribution < 1.29 is 9.53 Å². The summed E-state index contributed by atoms with van der Waals surface area (Å²) in [7, 11) is 0. The first-order chi connectivity index (χ1) is 13.0. The van der Waals surface area contributed by atoms with Crippen LogP contribution in [-0.2, 0) is 5.54 Å². The maximum Gasteiger partial charge on any atom is 0.275 e. The average molecular weight is 423 g/mol. The van der Waals surface area contributed by atoms with Crippen molar-refractivity contribution in [1.82, 2.24) is 4.98 Å². The highest BCUT2D eigenvalue weighted by molar-refractivity contribution is 8.13. The Kier molecular flexibility index (Phi) is 4.92. The van der Waals surface area contributed by atoms with Crippen LogP contribution in [0.25, 0.3) is 0 Å². The van der Waals surface area contributed by atoms with E-state index >= 15 is 0 Å². The molecule has 4 rings (SSSR count). The molecule has 1 aromatic heterocycles. The number of benzene rings is 1. The van der Waals surface area contributed by atoms with E-state index in [1.165, 1.54) is 12.3 Å². The van der Waals surface area contributed by atoms with Crippen molar-refractivity contribution in [3.05, 3.63) is 51.8 Å². The first-order valence-electron chi connectivity index (χ1n) is 8.35. The van der Waals surface area contributed by atoms with Crippen molar-refractivity contribution in [2.75, 3.05) is 17.7 Å². The molecule has 1 unspecified atom stereocenters. The summed E-state index contributed by atoms with van der Waals surface area (Å²) in [5, 5.41) is 3.98. The van der Waals surface area contributed by atoms with Crippen molar-refractivity contribution in [3.63, 3.8) is 0 Å². The Morgan fingerprint density at radius 1 is 1.30 bits per heavy atom. The molecule has 27 heavy (non-hydrogen) atoms. The number of fused-ring (bicyclic) bond motifs is 2. The van der Waals surface area contributed by atoms with Gasteiger partial charge in [0.15, 0.2) is 5.17 Å². The molecule has 2 aliphatic heterocycles. The molecule has 0 radical (unpaired) electrons. The van der Waals surface area contributed by atoms with Gasteiger partial charge in [-0.3, -0.25) is 9.79 Å². The van der Waals surface area contributed by atoms with E-state index in [1.54, 1.807) is 17.8 Å². The fourth-order valence-corrected chi connectivity index (χ4v) is 4.69. The van der Waals surface area contributed by atoms with Crippen LogP contribution < -0.4 is 15.8 Å². The molecular formula is C18H16Cl2N4O2S. The van der Waals surface area contributed by atoms with Crippen molar-refractivity contribution in [2.45, 2.75) is 18.4 Å². The molecule has 3 N–H and O–H groups in total. The number of thioether (sulfide) groups is 1. The molecule has 0 fully saturated rings. The second kappa shape index (κ2) is 7.22. The third-order valence-electron chi connectivity index (χ3n) is 4.62. The molecule has 9 heteroatoms. The van der Waals surface area contributed by atoms with E-state index in [0.29, 0.717) is 22.5 Å². The van der Waals surface area contributed by atoms with Crippen LogP contribution in [0.3, 0.4) is 0 Å². The minimum absolute atomic E-state index is 0.112. The molecule has 1 aromatic carbocycles. The predicted octanol–water partition coefficient (Wildman–Crippen LogP) is 4.07. The first kappa shape index (κ1) is 18.4. The number of pyridine rings is 1. The molecule has 1 spiro atoms. The number of nitrogens with zero attached hydrogens (tertiary/aromatic N) is 2. The van der Waals surface area contributed by atoms with Crippen LogP contribution in [0.4, 0.5) is 5.69 Å². The van der Waals surface area contributed by atoms with Crippen LogP contribution in [-0.4, -0.2) is 28.4 Å². The number of aliphatic imine (C=N–C) groups is 1. The van der Waals surface area contributed by atoms with Crippen LogP contribution in [0.15, 0.2) is 35.5 Å². The summed E-state index contributed by atoms with van der Waals surface area (Å²) in [6.07, 6.45) is 3.01. The largest absolute Gasteiger partial charge is 0.493 e. The van der Waals surface area contributed by atoms with Crippen molar-refractivity contribution in [1.29, 1.82) is 0 Å². The van der Waals surface area contributed by atoms with Crippen LogP contribution in [0.1, 0.15) is 28.9 Å². The predicted molar refractivity (Wildman–Crippen MR) is 109 cm³/mol. The molecule has 140 valence electrons. The lowest BCUT2D eigenvalue weighted by Crippen LogP contribution is -2.36. The van der Waals surface area contributed by atoms with Gasteiger partial charge >= 0.3 is 0 Å². The lowest BCUT2D eigenvalue weighted by atomic mass is 9.82. The summed E-state index contributed by atoms with van der Waals surface area (Å²) >= 11 is 13.5. The maximum atomic E-state index is 12.6. The zero-order valence-corrected chi connectivity index (χ0v) is 16.5. The number of hydrogen-bond acceptors (Lipinski definition) is 6. The van der Waals surface area contributed by atoms with Crippen LogP contribution >= 0.6 is 35.0 Å². The van der Waals surface area contributed by atoms with Gasteiger partial charge in [-0.25, -0.2) is 4.98 Å². The highest BCUT2D eigenvalue weighted by atomic mass is 35.5. The van der Waals surface area contributed by atoms with Gasteiger partial charge in [0.2, 0.25) is 0 Å². The molecule has 0 saturated carbocycles. The number of rotatable bonds is 2. The molecular weight excluding hydrogens is 407 g/mol. The van der Waals surface area contributed by atoms with E-state index in [4.69, 9.17) is 38.7 Å². The number of halogens is 2. The Balaban J connectivity index is 1.66. The minimum atomic E-state index is -0.412. The van der Waals surface area contributed by atoms with Gasteiger partial charge in [-0.2, -0.15) is 0 Å². The van der Waals surface area contributed by atoms with E-state index in [-0.39, 0.29) is 10.7 Å². The Morgan fingerprint density at radius 3 is 2.93 bits per heavy atom. The van der Waals surface area contributed by atoms with Gasteiger partial charge in [-0.05, 0) is 30.7 Å². The lowest BCUT2D eigenvalue weighted by Gasteiger charge is -2.38. The summed E-state index contributed by atoms with van der Waals surface area (Å²) in [6, 6.07) is 7.00. The second-order valence-corrected chi connectivity index (χ2v) is 8.29. The first-order valence-corrected chi connectivity index (χ1v) is 10.1. The SMILES string of the molecule is NC1=NC2(CCOc3ccc(NC(=O)c4ncc(Cl)cc4Cl)cc32)CCS1. The summed E-state index contributed by atoms with van der Waals surface area (Å²) in [5.74, 6) is 1.25. The molecule has 6 nitrogen and oxygen atoms in total. The molecule has 0 bridgehead atoms. The maximum absolute atomic E-state index is 12.6. The van der Waals surface area contributed by atoms with E-state index in [1.807, 2.05) is 12.1 Å². The molecule has 1 atom stereocenters. The normalized spacial score (nSPS) is 21.2. The molecule has 1 amide bonds. The molecule has 2 aromatic rings.